The summed E-state index contributed by atoms with van der Waals surface area (Å²) in [4.78, 5) is 15.2. The third-order valence-corrected chi connectivity index (χ3v) is 2.62. The van der Waals surface area contributed by atoms with Crippen LogP contribution in [0.5, 0.6) is 0 Å². The molecule has 0 atom stereocenters. The predicted molar refractivity (Wildman–Crippen MR) is 55.1 cm³/mol. The highest BCUT2D eigenvalue weighted by atomic mass is 127. The van der Waals surface area contributed by atoms with Crippen LogP contribution in [0, 0.1) is 10.5 Å². The number of carbonyl (C=O) groups excluding carboxylic acids is 1. The van der Waals surface area contributed by atoms with Crippen LogP contribution in [0.4, 0.5) is 0 Å². The monoisotopic (exact) mass is 276 g/mol. The zero-order valence-corrected chi connectivity index (χ0v) is 9.05. The van der Waals surface area contributed by atoms with Gasteiger partial charge in [0.25, 0.3) is 5.91 Å². The molecule has 64 valence electrons. The number of nitrogens with one attached hydrogen (secondary N) is 1. The molecule has 0 fully saturated rings. The number of pyridine rings is 1. The first-order valence-corrected chi connectivity index (χ1v) is 4.58. The molecule has 0 saturated heterocycles. The van der Waals surface area contributed by atoms with Crippen LogP contribution in [0.15, 0.2) is 12.1 Å². The summed E-state index contributed by atoms with van der Waals surface area (Å²) in [5, 5.41) is 2.52. The number of hydrogen-bond donors (Lipinski definition) is 1. The maximum atomic E-state index is 11.1. The molecule has 1 N–H and O–H groups in total. The van der Waals surface area contributed by atoms with Gasteiger partial charge >= 0.3 is 0 Å². The minimum atomic E-state index is -0.144. The van der Waals surface area contributed by atoms with Gasteiger partial charge in [0.15, 0.2) is 0 Å². The van der Waals surface area contributed by atoms with E-state index in [0.29, 0.717) is 5.69 Å². The first kappa shape index (κ1) is 9.44. The SMILES string of the molecule is CNC(=O)c1ccc(I)c(C)n1. The zero-order valence-electron chi connectivity index (χ0n) is 6.89. The van der Waals surface area contributed by atoms with Gasteiger partial charge in [-0.05, 0) is 41.6 Å². The Labute approximate surface area is 84.7 Å². The van der Waals surface area contributed by atoms with Crippen LogP contribution in [0.25, 0.3) is 0 Å². The van der Waals surface area contributed by atoms with Crippen LogP contribution in [-0.4, -0.2) is 17.9 Å². The van der Waals surface area contributed by atoms with E-state index in [4.69, 9.17) is 0 Å². The standard InChI is InChI=1S/C8H9IN2O/c1-5-6(9)3-4-7(11-5)8(12)10-2/h3-4H,1-2H3,(H,10,12). The molecular formula is C8H9IN2O. The van der Waals surface area contributed by atoms with Gasteiger partial charge < -0.3 is 5.32 Å². The van der Waals surface area contributed by atoms with E-state index in [2.05, 4.69) is 32.9 Å². The van der Waals surface area contributed by atoms with Crippen molar-refractivity contribution in [3.05, 3.63) is 27.1 Å². The summed E-state index contributed by atoms with van der Waals surface area (Å²) in [5.41, 5.74) is 1.35. The Morgan fingerprint density at radius 2 is 2.25 bits per heavy atom. The van der Waals surface area contributed by atoms with E-state index in [1.807, 2.05) is 13.0 Å². The molecule has 0 aliphatic heterocycles. The van der Waals surface area contributed by atoms with Crippen molar-refractivity contribution >= 4 is 28.5 Å². The summed E-state index contributed by atoms with van der Waals surface area (Å²) < 4.78 is 1.07. The molecule has 1 rings (SSSR count). The lowest BCUT2D eigenvalue weighted by molar-refractivity contribution is 0.0958. The van der Waals surface area contributed by atoms with Crippen LogP contribution < -0.4 is 5.32 Å². The summed E-state index contributed by atoms with van der Waals surface area (Å²) in [6.45, 7) is 1.88. The Bertz CT molecular complexity index is 312. The fourth-order valence-corrected chi connectivity index (χ4v) is 1.10. The molecule has 3 nitrogen and oxygen atoms in total. The highest BCUT2D eigenvalue weighted by Crippen LogP contribution is 2.08. The molecule has 0 unspecified atom stereocenters. The molecule has 1 aromatic rings. The first-order valence-electron chi connectivity index (χ1n) is 3.50. The largest absolute Gasteiger partial charge is 0.354 e. The van der Waals surface area contributed by atoms with Crippen molar-refractivity contribution in [3.63, 3.8) is 0 Å². The van der Waals surface area contributed by atoms with Crippen molar-refractivity contribution in [2.75, 3.05) is 7.05 Å². The zero-order chi connectivity index (χ0) is 9.14. The van der Waals surface area contributed by atoms with E-state index in [0.717, 1.165) is 9.26 Å². The number of carbonyl (C=O) groups is 1. The van der Waals surface area contributed by atoms with Gasteiger partial charge in [0, 0.05) is 10.6 Å². The third-order valence-electron chi connectivity index (χ3n) is 1.48. The van der Waals surface area contributed by atoms with E-state index < -0.39 is 0 Å². The molecule has 0 aliphatic carbocycles. The minimum absolute atomic E-state index is 0.144. The van der Waals surface area contributed by atoms with Gasteiger partial charge in [0.2, 0.25) is 0 Å². The van der Waals surface area contributed by atoms with Crippen molar-refractivity contribution in [1.29, 1.82) is 0 Å². The van der Waals surface area contributed by atoms with Gasteiger partial charge in [-0.2, -0.15) is 0 Å². The molecule has 1 heterocycles. The molecule has 0 aliphatic rings. The highest BCUT2D eigenvalue weighted by molar-refractivity contribution is 14.1. The van der Waals surface area contributed by atoms with Gasteiger partial charge in [-0.3, -0.25) is 4.79 Å². The third kappa shape index (κ3) is 1.94. The first-order chi connectivity index (χ1) is 5.65. The molecule has 1 aromatic heterocycles. The van der Waals surface area contributed by atoms with E-state index in [1.165, 1.54) is 0 Å². The smallest absolute Gasteiger partial charge is 0.269 e. The Morgan fingerprint density at radius 1 is 1.58 bits per heavy atom. The lowest BCUT2D eigenvalue weighted by Crippen LogP contribution is -2.19. The minimum Gasteiger partial charge on any atom is -0.354 e. The molecular weight excluding hydrogens is 267 g/mol. The van der Waals surface area contributed by atoms with Crippen molar-refractivity contribution in [3.8, 4) is 0 Å². The molecule has 0 radical (unpaired) electrons. The maximum absolute atomic E-state index is 11.1. The van der Waals surface area contributed by atoms with Crippen molar-refractivity contribution < 1.29 is 4.79 Å². The van der Waals surface area contributed by atoms with Crippen LogP contribution >= 0.6 is 22.6 Å². The van der Waals surface area contributed by atoms with Crippen LogP contribution in [0.1, 0.15) is 16.2 Å². The molecule has 0 spiro atoms. The summed E-state index contributed by atoms with van der Waals surface area (Å²) in [5.74, 6) is -0.144. The molecule has 12 heavy (non-hydrogen) atoms. The van der Waals surface area contributed by atoms with E-state index in [1.54, 1.807) is 13.1 Å². The molecule has 0 saturated carbocycles. The highest BCUT2D eigenvalue weighted by Gasteiger charge is 2.05. The second-order valence-corrected chi connectivity index (χ2v) is 3.51. The number of rotatable bonds is 1. The Hall–Kier alpha value is -0.650. The number of hydrogen-bond acceptors (Lipinski definition) is 2. The summed E-state index contributed by atoms with van der Waals surface area (Å²) in [6.07, 6.45) is 0. The maximum Gasteiger partial charge on any atom is 0.269 e. The lowest BCUT2D eigenvalue weighted by Gasteiger charge is -2.01. The van der Waals surface area contributed by atoms with E-state index >= 15 is 0 Å². The van der Waals surface area contributed by atoms with E-state index in [-0.39, 0.29) is 5.91 Å². The van der Waals surface area contributed by atoms with Crippen LogP contribution in [0.3, 0.4) is 0 Å². The summed E-state index contributed by atoms with van der Waals surface area (Å²) in [7, 11) is 1.59. The van der Waals surface area contributed by atoms with Gasteiger partial charge in [-0.25, -0.2) is 4.98 Å². The van der Waals surface area contributed by atoms with Gasteiger partial charge in [0.05, 0.1) is 5.69 Å². The quantitative estimate of drug-likeness (QED) is 0.787. The summed E-state index contributed by atoms with van der Waals surface area (Å²) in [6, 6.07) is 3.60. The molecule has 1 amide bonds. The lowest BCUT2D eigenvalue weighted by atomic mass is 10.3. The van der Waals surface area contributed by atoms with Gasteiger partial charge in [-0.15, -0.1) is 0 Å². The number of aromatic nitrogens is 1. The number of amides is 1. The second kappa shape index (κ2) is 3.84. The fourth-order valence-electron chi connectivity index (χ4n) is 0.799. The van der Waals surface area contributed by atoms with Gasteiger partial charge in [-0.1, -0.05) is 0 Å². The second-order valence-electron chi connectivity index (χ2n) is 2.34. The molecule has 0 bridgehead atoms. The molecule has 4 heteroatoms. The molecule has 0 aromatic carbocycles. The Morgan fingerprint density at radius 3 is 2.75 bits per heavy atom. The van der Waals surface area contributed by atoms with Crippen molar-refractivity contribution in [2.24, 2.45) is 0 Å². The van der Waals surface area contributed by atoms with Crippen LogP contribution in [-0.2, 0) is 0 Å². The number of nitrogens with zero attached hydrogens (tertiary/aromatic N) is 1. The predicted octanol–water partition coefficient (Wildman–Crippen LogP) is 1.35. The average Bonchev–Trinajstić information content (AvgIpc) is 2.08. The average molecular weight is 276 g/mol. The van der Waals surface area contributed by atoms with Crippen molar-refractivity contribution in [2.45, 2.75) is 6.92 Å². The number of halogens is 1. The summed E-state index contributed by atoms with van der Waals surface area (Å²) >= 11 is 2.18. The normalized spacial score (nSPS) is 9.58. The Balaban J connectivity index is 3.05. The Kier molecular flexibility index (Phi) is 3.02. The van der Waals surface area contributed by atoms with Crippen molar-refractivity contribution in [1.82, 2.24) is 10.3 Å². The topological polar surface area (TPSA) is 42.0 Å². The number of aryl methyl sites for hydroxylation is 1. The van der Waals surface area contributed by atoms with E-state index in [9.17, 15) is 4.79 Å². The van der Waals surface area contributed by atoms with Gasteiger partial charge in [0.1, 0.15) is 5.69 Å². The fraction of sp³-hybridized carbons (Fsp3) is 0.250. The van der Waals surface area contributed by atoms with Crippen LogP contribution in [0.2, 0.25) is 0 Å².